The minimum absolute atomic E-state index is 0.0496. The van der Waals surface area contributed by atoms with Crippen molar-refractivity contribution < 1.29 is 31.1 Å². The molecule has 0 aliphatic carbocycles. The van der Waals surface area contributed by atoms with Crippen LogP contribution in [-0.4, -0.2) is 15.5 Å². The molecule has 1 unspecified atom stereocenters. The largest absolute Gasteiger partial charge is 0.449 e. The van der Waals surface area contributed by atoms with E-state index in [4.69, 9.17) is 0 Å². The summed E-state index contributed by atoms with van der Waals surface area (Å²) < 4.78 is 79.3. The lowest BCUT2D eigenvalue weighted by Gasteiger charge is -2.19. The lowest BCUT2D eigenvalue weighted by molar-refractivity contribution is -0.148. The Labute approximate surface area is 154 Å². The maximum absolute atomic E-state index is 13.4. The first-order valence-electron chi connectivity index (χ1n) is 8.01. The summed E-state index contributed by atoms with van der Waals surface area (Å²) in [5, 5.41) is 2.23. The van der Waals surface area contributed by atoms with E-state index in [9.17, 15) is 31.1 Å². The molecule has 0 saturated carbocycles. The van der Waals surface area contributed by atoms with Gasteiger partial charge in [0.05, 0.1) is 16.6 Å². The molecule has 10 heteroatoms. The van der Waals surface area contributed by atoms with Crippen LogP contribution in [0, 0.1) is 0 Å². The summed E-state index contributed by atoms with van der Waals surface area (Å²) in [7, 11) is 0. The smallest absolute Gasteiger partial charge is 0.324 e. The monoisotopic (exact) mass is 401 g/mol. The van der Waals surface area contributed by atoms with Crippen LogP contribution in [0.15, 0.2) is 48.5 Å². The maximum Gasteiger partial charge on any atom is 0.449 e. The fourth-order valence-electron chi connectivity index (χ4n) is 2.77. The van der Waals surface area contributed by atoms with E-state index < -0.39 is 35.7 Å². The van der Waals surface area contributed by atoms with Gasteiger partial charge in [0.2, 0.25) is 11.7 Å². The second-order valence-corrected chi connectivity index (χ2v) is 6.04. The van der Waals surface area contributed by atoms with Gasteiger partial charge in [0, 0.05) is 5.69 Å². The van der Waals surface area contributed by atoms with Crippen molar-refractivity contribution in [1.29, 1.82) is 0 Å². The zero-order valence-electron chi connectivity index (χ0n) is 14.3. The number of aromatic nitrogens is 2. The number of alkyl halides is 6. The van der Waals surface area contributed by atoms with E-state index in [1.807, 2.05) is 0 Å². The van der Waals surface area contributed by atoms with Gasteiger partial charge >= 0.3 is 12.4 Å². The van der Waals surface area contributed by atoms with Gasteiger partial charge in [0.1, 0.15) is 6.04 Å². The van der Waals surface area contributed by atoms with Gasteiger partial charge in [-0.1, -0.05) is 18.2 Å². The van der Waals surface area contributed by atoms with Crippen molar-refractivity contribution in [3.8, 4) is 0 Å². The topological polar surface area (TPSA) is 46.9 Å². The third-order valence-electron chi connectivity index (χ3n) is 4.07. The van der Waals surface area contributed by atoms with Gasteiger partial charge in [-0.25, -0.2) is 4.98 Å². The van der Waals surface area contributed by atoms with Crippen LogP contribution < -0.4 is 5.32 Å². The molecule has 0 bridgehead atoms. The van der Waals surface area contributed by atoms with Gasteiger partial charge in [-0.2, -0.15) is 26.3 Å². The average Bonchev–Trinajstić information content (AvgIpc) is 3.00. The summed E-state index contributed by atoms with van der Waals surface area (Å²) in [5.41, 5.74) is -1.03. The lowest BCUT2D eigenvalue weighted by atomic mass is 10.2. The normalized spacial score (nSPS) is 13.5. The van der Waals surface area contributed by atoms with Crippen LogP contribution in [0.25, 0.3) is 11.0 Å². The van der Waals surface area contributed by atoms with Crippen LogP contribution in [0.2, 0.25) is 0 Å². The number of imidazole rings is 1. The molecule has 0 aliphatic heterocycles. The highest BCUT2D eigenvalue weighted by atomic mass is 19.4. The van der Waals surface area contributed by atoms with Gasteiger partial charge in [-0.3, -0.25) is 4.79 Å². The molecule has 1 amide bonds. The quantitative estimate of drug-likeness (QED) is 0.608. The van der Waals surface area contributed by atoms with Crippen molar-refractivity contribution in [2.75, 3.05) is 5.32 Å². The Morgan fingerprint density at radius 3 is 2.32 bits per heavy atom. The summed E-state index contributed by atoms with van der Waals surface area (Å²) in [6.07, 6.45) is -9.43. The number of nitrogens with zero attached hydrogens (tertiary/aromatic N) is 2. The van der Waals surface area contributed by atoms with Crippen molar-refractivity contribution >= 4 is 22.6 Å². The number of nitrogens with one attached hydrogen (secondary N) is 1. The Kier molecular flexibility index (Phi) is 4.82. The number of fused-ring (bicyclic) bond motifs is 1. The van der Waals surface area contributed by atoms with Crippen LogP contribution in [0.4, 0.5) is 32.0 Å². The molecular weight excluding hydrogens is 388 g/mol. The molecule has 2 aromatic carbocycles. The van der Waals surface area contributed by atoms with Gasteiger partial charge in [-0.05, 0) is 37.3 Å². The summed E-state index contributed by atoms with van der Waals surface area (Å²) in [4.78, 5) is 16.0. The van der Waals surface area contributed by atoms with Crippen molar-refractivity contribution in [3.63, 3.8) is 0 Å². The summed E-state index contributed by atoms with van der Waals surface area (Å²) in [6, 6.07) is 8.23. The van der Waals surface area contributed by atoms with Crippen LogP contribution in [-0.2, 0) is 17.1 Å². The second kappa shape index (κ2) is 6.84. The fourth-order valence-corrected chi connectivity index (χ4v) is 2.77. The van der Waals surface area contributed by atoms with Crippen molar-refractivity contribution in [2.24, 2.45) is 0 Å². The first kappa shape index (κ1) is 19.7. The molecule has 1 atom stereocenters. The van der Waals surface area contributed by atoms with Crippen LogP contribution >= 0.6 is 0 Å². The highest BCUT2D eigenvalue weighted by Gasteiger charge is 2.39. The zero-order valence-corrected chi connectivity index (χ0v) is 14.3. The first-order valence-corrected chi connectivity index (χ1v) is 8.01. The molecule has 0 aliphatic rings. The fraction of sp³-hybridized carbons (Fsp3) is 0.222. The van der Waals surface area contributed by atoms with Crippen molar-refractivity contribution in [1.82, 2.24) is 9.55 Å². The number of hydrogen-bond donors (Lipinski definition) is 1. The van der Waals surface area contributed by atoms with Crippen molar-refractivity contribution in [3.05, 3.63) is 59.9 Å². The highest BCUT2D eigenvalue weighted by molar-refractivity contribution is 5.94. The van der Waals surface area contributed by atoms with Gasteiger partial charge in [0.15, 0.2) is 0 Å². The highest BCUT2D eigenvalue weighted by Crippen LogP contribution is 2.34. The predicted octanol–water partition coefficient (Wildman–Crippen LogP) is 5.27. The van der Waals surface area contributed by atoms with Crippen LogP contribution in [0.5, 0.6) is 0 Å². The SMILES string of the molecule is CC(C(=O)Nc1cccc(C(F)(F)F)c1)n1c(C(F)(F)F)nc2ccccc21. The van der Waals surface area contributed by atoms with E-state index in [1.165, 1.54) is 37.3 Å². The van der Waals surface area contributed by atoms with Gasteiger partial charge in [0.25, 0.3) is 0 Å². The molecule has 1 N–H and O–H groups in total. The van der Waals surface area contributed by atoms with Gasteiger partial charge < -0.3 is 9.88 Å². The Bertz CT molecular complexity index is 1020. The number of carbonyl (C=O) groups is 1. The Balaban J connectivity index is 1.97. The van der Waals surface area contributed by atoms with Gasteiger partial charge in [-0.15, -0.1) is 0 Å². The Hall–Kier alpha value is -3.04. The molecule has 1 heterocycles. The molecular formula is C18H13F6N3O. The first-order chi connectivity index (χ1) is 13.0. The third-order valence-corrected chi connectivity index (χ3v) is 4.07. The van der Waals surface area contributed by atoms with E-state index in [2.05, 4.69) is 10.3 Å². The second-order valence-electron chi connectivity index (χ2n) is 6.04. The van der Waals surface area contributed by atoms with Crippen LogP contribution in [0.1, 0.15) is 24.4 Å². The van der Waals surface area contributed by atoms with Crippen LogP contribution in [0.3, 0.4) is 0 Å². The Morgan fingerprint density at radius 2 is 1.68 bits per heavy atom. The number of rotatable bonds is 3. The zero-order chi connectivity index (χ0) is 20.7. The van der Waals surface area contributed by atoms with E-state index in [-0.39, 0.29) is 16.7 Å². The number of carbonyl (C=O) groups excluding carboxylic acids is 1. The third kappa shape index (κ3) is 3.80. The number of benzene rings is 2. The number of halogens is 6. The number of para-hydroxylation sites is 2. The maximum atomic E-state index is 13.4. The summed E-state index contributed by atoms with van der Waals surface area (Å²) in [5.74, 6) is -2.17. The minimum Gasteiger partial charge on any atom is -0.324 e. The standard InChI is InChI=1S/C18H13F6N3O/c1-10(15(28)25-12-6-4-5-11(9-12)17(19,20)21)27-14-8-3-2-7-13(14)26-16(27)18(22,23)24/h2-10H,1H3,(H,25,28). The van der Waals surface area contributed by atoms with Crippen molar-refractivity contribution in [2.45, 2.75) is 25.3 Å². The molecule has 3 aromatic rings. The summed E-state index contributed by atoms with van der Waals surface area (Å²) in [6.45, 7) is 1.21. The summed E-state index contributed by atoms with van der Waals surface area (Å²) >= 11 is 0. The number of amides is 1. The molecule has 148 valence electrons. The van der Waals surface area contributed by atoms with E-state index >= 15 is 0 Å². The van der Waals surface area contributed by atoms with E-state index in [1.54, 1.807) is 0 Å². The molecule has 0 saturated heterocycles. The van der Waals surface area contributed by atoms with E-state index in [0.717, 1.165) is 16.7 Å². The minimum atomic E-state index is -4.82. The molecule has 28 heavy (non-hydrogen) atoms. The Morgan fingerprint density at radius 1 is 1.00 bits per heavy atom. The van der Waals surface area contributed by atoms with E-state index in [0.29, 0.717) is 6.07 Å². The molecule has 1 aromatic heterocycles. The molecule has 0 radical (unpaired) electrons. The molecule has 4 nitrogen and oxygen atoms in total. The molecule has 3 rings (SSSR count). The number of hydrogen-bond acceptors (Lipinski definition) is 2. The average molecular weight is 401 g/mol. The molecule has 0 spiro atoms. The predicted molar refractivity (Wildman–Crippen MR) is 89.5 cm³/mol. The lowest BCUT2D eigenvalue weighted by Crippen LogP contribution is -2.27. The molecule has 0 fully saturated rings. The number of anilines is 1.